The molecule has 4 heteroatoms. The van der Waals surface area contributed by atoms with E-state index in [1.165, 1.54) is 11.8 Å². The molecule has 0 saturated heterocycles. The molecule has 0 aliphatic rings. The van der Waals surface area contributed by atoms with E-state index in [-0.39, 0.29) is 5.69 Å². The van der Waals surface area contributed by atoms with Crippen molar-refractivity contribution in [1.29, 1.82) is 0 Å². The molecule has 0 atom stereocenters. The molecule has 1 heterocycles. The van der Waals surface area contributed by atoms with E-state index in [9.17, 15) is 4.79 Å². The Morgan fingerprint density at radius 1 is 1.69 bits per heavy atom. The first kappa shape index (κ1) is 10.1. The second kappa shape index (κ2) is 4.28. The van der Waals surface area contributed by atoms with Gasteiger partial charge in [-0.3, -0.25) is 0 Å². The molecule has 0 aromatic carbocycles. The first-order valence-electron chi connectivity index (χ1n) is 3.98. The highest BCUT2D eigenvalue weighted by molar-refractivity contribution is 7.99. The minimum absolute atomic E-state index is 0.150. The first-order valence-corrected chi connectivity index (χ1v) is 4.96. The number of hydrogen-bond acceptors (Lipinski definition) is 3. The molecule has 1 N–H and O–H groups in total. The van der Waals surface area contributed by atoms with Crippen molar-refractivity contribution >= 4 is 17.7 Å². The van der Waals surface area contributed by atoms with Gasteiger partial charge in [-0.15, -0.1) is 11.8 Å². The molecule has 13 heavy (non-hydrogen) atoms. The molecule has 1 aromatic heterocycles. The smallest absolute Gasteiger partial charge is 0.355 e. The topological polar surface area (TPSA) is 50.2 Å². The van der Waals surface area contributed by atoms with Gasteiger partial charge in [0.2, 0.25) is 0 Å². The monoisotopic (exact) mass is 197 g/mol. The third-order valence-electron chi connectivity index (χ3n) is 1.49. The van der Waals surface area contributed by atoms with Crippen molar-refractivity contribution in [2.45, 2.75) is 18.7 Å². The van der Waals surface area contributed by atoms with E-state index in [0.29, 0.717) is 0 Å². The number of hydrogen-bond donors (Lipinski definition) is 1. The molecular weight excluding hydrogens is 186 g/mol. The maximum Gasteiger partial charge on any atom is 0.355 e. The zero-order valence-corrected chi connectivity index (χ0v) is 8.39. The molecule has 0 saturated carbocycles. The van der Waals surface area contributed by atoms with Crippen molar-refractivity contribution in [3.63, 3.8) is 0 Å². The fourth-order valence-electron chi connectivity index (χ4n) is 0.969. The van der Waals surface area contributed by atoms with Crippen molar-refractivity contribution < 1.29 is 9.90 Å². The van der Waals surface area contributed by atoms with Crippen LogP contribution in [0, 0.1) is 6.92 Å². The number of pyridine rings is 1. The van der Waals surface area contributed by atoms with E-state index in [2.05, 4.69) is 4.98 Å². The number of thioether (sulfide) groups is 1. The van der Waals surface area contributed by atoms with Gasteiger partial charge in [-0.1, -0.05) is 6.92 Å². The minimum Gasteiger partial charge on any atom is -0.476 e. The number of aromatic nitrogens is 1. The highest BCUT2D eigenvalue weighted by atomic mass is 32.2. The Bertz CT molecular complexity index is 325. The number of carboxylic acid groups (broad SMARTS) is 1. The predicted octanol–water partition coefficient (Wildman–Crippen LogP) is 2.20. The average Bonchev–Trinajstić information content (AvgIpc) is 2.04. The number of aromatic carboxylic acids is 1. The number of carboxylic acids is 1. The molecular formula is C9H11NO2S. The summed E-state index contributed by atoms with van der Waals surface area (Å²) < 4.78 is 0. The molecule has 0 radical (unpaired) electrons. The SMILES string of the molecule is CCSc1cc(C)cnc1C(=O)O. The van der Waals surface area contributed by atoms with Crippen LogP contribution in [0.15, 0.2) is 17.2 Å². The lowest BCUT2D eigenvalue weighted by atomic mass is 10.3. The molecule has 3 nitrogen and oxygen atoms in total. The second-order valence-corrected chi connectivity index (χ2v) is 3.90. The molecule has 0 aliphatic carbocycles. The van der Waals surface area contributed by atoms with Crippen LogP contribution >= 0.6 is 11.8 Å². The van der Waals surface area contributed by atoms with Gasteiger partial charge >= 0.3 is 5.97 Å². The zero-order chi connectivity index (χ0) is 9.84. The van der Waals surface area contributed by atoms with Crippen LogP contribution in [0.2, 0.25) is 0 Å². The Kier molecular flexibility index (Phi) is 3.31. The molecule has 70 valence electrons. The van der Waals surface area contributed by atoms with Crippen molar-refractivity contribution in [3.05, 3.63) is 23.5 Å². The van der Waals surface area contributed by atoms with Crippen LogP contribution in [0.25, 0.3) is 0 Å². The van der Waals surface area contributed by atoms with Crippen LogP contribution < -0.4 is 0 Å². The molecule has 0 bridgehead atoms. The summed E-state index contributed by atoms with van der Waals surface area (Å²) >= 11 is 1.50. The Labute approximate surface area is 81.2 Å². The number of aryl methyl sites for hydroxylation is 1. The predicted molar refractivity (Wildman–Crippen MR) is 52.3 cm³/mol. The molecule has 1 rings (SSSR count). The van der Waals surface area contributed by atoms with Crippen LogP contribution in [0.3, 0.4) is 0 Å². The van der Waals surface area contributed by atoms with E-state index >= 15 is 0 Å². The summed E-state index contributed by atoms with van der Waals surface area (Å²) in [6.07, 6.45) is 1.57. The second-order valence-electron chi connectivity index (χ2n) is 2.60. The quantitative estimate of drug-likeness (QED) is 0.755. The number of rotatable bonds is 3. The third-order valence-corrected chi connectivity index (χ3v) is 2.40. The zero-order valence-electron chi connectivity index (χ0n) is 7.57. The lowest BCUT2D eigenvalue weighted by molar-refractivity contribution is 0.0686. The van der Waals surface area contributed by atoms with Crippen LogP contribution in [0.5, 0.6) is 0 Å². The van der Waals surface area contributed by atoms with Gasteiger partial charge < -0.3 is 5.11 Å². The number of carbonyl (C=O) groups is 1. The Balaban J connectivity index is 3.10. The van der Waals surface area contributed by atoms with Crippen LogP contribution in [0.4, 0.5) is 0 Å². The van der Waals surface area contributed by atoms with E-state index in [4.69, 9.17) is 5.11 Å². The number of nitrogens with zero attached hydrogens (tertiary/aromatic N) is 1. The van der Waals surface area contributed by atoms with Crippen LogP contribution in [-0.4, -0.2) is 21.8 Å². The van der Waals surface area contributed by atoms with Gasteiger partial charge in [-0.2, -0.15) is 0 Å². The van der Waals surface area contributed by atoms with E-state index in [0.717, 1.165) is 16.2 Å². The molecule has 0 spiro atoms. The highest BCUT2D eigenvalue weighted by Gasteiger charge is 2.11. The first-order chi connectivity index (χ1) is 6.15. The van der Waals surface area contributed by atoms with Gasteiger partial charge in [0.15, 0.2) is 5.69 Å². The fourth-order valence-corrected chi connectivity index (χ4v) is 1.83. The highest BCUT2D eigenvalue weighted by Crippen LogP contribution is 2.21. The lowest BCUT2D eigenvalue weighted by Gasteiger charge is -2.03. The normalized spacial score (nSPS) is 10.0. The molecule has 0 unspecified atom stereocenters. The van der Waals surface area contributed by atoms with Crippen molar-refractivity contribution in [2.24, 2.45) is 0 Å². The summed E-state index contributed by atoms with van der Waals surface area (Å²) in [7, 11) is 0. The van der Waals surface area contributed by atoms with Crippen LogP contribution in [0.1, 0.15) is 23.0 Å². The van der Waals surface area contributed by atoms with E-state index < -0.39 is 5.97 Å². The Morgan fingerprint density at radius 2 is 2.38 bits per heavy atom. The van der Waals surface area contributed by atoms with Gasteiger partial charge in [0, 0.05) is 11.1 Å². The molecule has 0 aliphatic heterocycles. The van der Waals surface area contributed by atoms with Crippen molar-refractivity contribution in [3.8, 4) is 0 Å². The molecule has 1 aromatic rings. The van der Waals surface area contributed by atoms with E-state index in [1.807, 2.05) is 19.9 Å². The Morgan fingerprint density at radius 3 is 2.92 bits per heavy atom. The molecule has 0 amide bonds. The summed E-state index contributed by atoms with van der Waals surface area (Å²) in [6.45, 7) is 3.89. The fraction of sp³-hybridized carbons (Fsp3) is 0.333. The van der Waals surface area contributed by atoms with Crippen LogP contribution in [-0.2, 0) is 0 Å². The summed E-state index contributed by atoms with van der Waals surface area (Å²) in [5.41, 5.74) is 1.14. The van der Waals surface area contributed by atoms with Gasteiger partial charge in [0.05, 0.1) is 0 Å². The standard InChI is InChI=1S/C9H11NO2S/c1-3-13-7-4-6(2)5-10-8(7)9(11)12/h4-5H,3H2,1-2H3,(H,11,12). The van der Waals surface area contributed by atoms with Gasteiger partial charge in [-0.05, 0) is 24.3 Å². The summed E-state index contributed by atoms with van der Waals surface area (Å²) in [5.74, 6) is -0.109. The maximum atomic E-state index is 10.7. The summed E-state index contributed by atoms with van der Waals surface area (Å²) in [5, 5.41) is 8.81. The third kappa shape index (κ3) is 2.45. The van der Waals surface area contributed by atoms with Crippen molar-refractivity contribution in [1.82, 2.24) is 4.98 Å². The van der Waals surface area contributed by atoms with Gasteiger partial charge in [0.25, 0.3) is 0 Å². The van der Waals surface area contributed by atoms with Gasteiger partial charge in [-0.25, -0.2) is 9.78 Å². The van der Waals surface area contributed by atoms with Gasteiger partial charge in [0.1, 0.15) is 0 Å². The summed E-state index contributed by atoms with van der Waals surface area (Å²) in [6, 6.07) is 1.85. The summed E-state index contributed by atoms with van der Waals surface area (Å²) in [4.78, 5) is 15.4. The minimum atomic E-state index is -0.962. The lowest BCUT2D eigenvalue weighted by Crippen LogP contribution is -2.02. The average molecular weight is 197 g/mol. The van der Waals surface area contributed by atoms with E-state index in [1.54, 1.807) is 6.20 Å². The molecule has 0 fully saturated rings. The Hall–Kier alpha value is -1.03. The van der Waals surface area contributed by atoms with Crippen molar-refractivity contribution in [2.75, 3.05) is 5.75 Å². The largest absolute Gasteiger partial charge is 0.476 e. The maximum absolute atomic E-state index is 10.7.